The fraction of sp³-hybridized carbons (Fsp3) is 0.667. The molecule has 0 aliphatic heterocycles. The summed E-state index contributed by atoms with van der Waals surface area (Å²) in [5.74, 6) is -2.33. The van der Waals surface area contributed by atoms with Crippen LogP contribution in [-0.2, 0) is 9.59 Å². The predicted molar refractivity (Wildman–Crippen MR) is 46.4 cm³/mol. The summed E-state index contributed by atoms with van der Waals surface area (Å²) < 4.78 is 0. The molecule has 0 unspecified atom stereocenters. The zero-order valence-electron chi connectivity index (χ0n) is 7.84. The summed E-state index contributed by atoms with van der Waals surface area (Å²) in [6.07, 6.45) is 0. The normalized spacial score (nSPS) is 9.00. The largest absolute Gasteiger partial charge is 0.336 e. The van der Waals surface area contributed by atoms with Crippen molar-refractivity contribution in [3.8, 4) is 0 Å². The number of hydrogen-bond acceptors (Lipinski definition) is 6. The first kappa shape index (κ1) is 12.1. The molecular formula is C6H10N4O4. The molecule has 0 bridgehead atoms. The van der Waals surface area contributed by atoms with Crippen molar-refractivity contribution in [2.45, 2.75) is 13.8 Å². The van der Waals surface area contributed by atoms with Gasteiger partial charge in [-0.1, -0.05) is 0 Å². The molecule has 0 aromatic heterocycles. The Bertz CT molecular complexity index is 228. The zero-order chi connectivity index (χ0) is 11.1. The monoisotopic (exact) mass is 202 g/mol. The maximum absolute atomic E-state index is 11.1. The van der Waals surface area contributed by atoms with Crippen molar-refractivity contribution >= 4 is 11.8 Å². The van der Waals surface area contributed by atoms with Gasteiger partial charge in [0.2, 0.25) is 0 Å². The fourth-order valence-electron chi connectivity index (χ4n) is 0.698. The van der Waals surface area contributed by atoms with Crippen LogP contribution in [-0.4, -0.2) is 34.9 Å². The van der Waals surface area contributed by atoms with Crippen molar-refractivity contribution in [2.24, 2.45) is 10.6 Å². The Balaban J connectivity index is 4.59. The number of rotatable bonds is 4. The van der Waals surface area contributed by atoms with Gasteiger partial charge in [-0.25, -0.2) is 0 Å². The van der Waals surface area contributed by atoms with E-state index in [4.69, 9.17) is 0 Å². The van der Waals surface area contributed by atoms with Gasteiger partial charge in [0.1, 0.15) is 0 Å². The Morgan fingerprint density at radius 1 is 0.929 bits per heavy atom. The molecule has 0 heterocycles. The van der Waals surface area contributed by atoms with Gasteiger partial charge < -0.3 is 0 Å². The van der Waals surface area contributed by atoms with Crippen LogP contribution < -0.4 is 0 Å². The van der Waals surface area contributed by atoms with Crippen molar-refractivity contribution in [1.82, 2.24) is 10.0 Å². The molecule has 0 rings (SSSR count). The first-order chi connectivity index (χ1) is 6.62. The minimum atomic E-state index is -1.16. The molecule has 0 aliphatic rings. The molecule has 8 heteroatoms. The van der Waals surface area contributed by atoms with E-state index in [1.54, 1.807) is 0 Å². The second-order valence-electron chi connectivity index (χ2n) is 2.21. The van der Waals surface area contributed by atoms with Crippen molar-refractivity contribution < 1.29 is 9.59 Å². The molecule has 0 N–H and O–H groups in total. The van der Waals surface area contributed by atoms with Crippen LogP contribution in [0.15, 0.2) is 10.6 Å². The molecule has 0 spiro atoms. The fourth-order valence-corrected chi connectivity index (χ4v) is 0.698. The number of nitroso groups, excluding NO2 is 2. The van der Waals surface area contributed by atoms with Gasteiger partial charge in [0, 0.05) is 13.1 Å². The van der Waals surface area contributed by atoms with Crippen LogP contribution in [0.4, 0.5) is 0 Å². The number of likely N-dealkylation sites (N-methyl/N-ethyl adjacent to an activating group) is 2. The van der Waals surface area contributed by atoms with E-state index in [9.17, 15) is 19.4 Å². The Labute approximate surface area is 79.7 Å². The van der Waals surface area contributed by atoms with E-state index >= 15 is 0 Å². The van der Waals surface area contributed by atoms with Crippen molar-refractivity contribution in [3.63, 3.8) is 0 Å². The van der Waals surface area contributed by atoms with E-state index in [0.717, 1.165) is 0 Å². The second kappa shape index (κ2) is 5.73. The number of carbonyl (C=O) groups is 2. The highest BCUT2D eigenvalue weighted by Crippen LogP contribution is 1.97. The van der Waals surface area contributed by atoms with E-state index in [2.05, 4.69) is 10.6 Å². The van der Waals surface area contributed by atoms with Crippen LogP contribution in [0.5, 0.6) is 0 Å². The Kier molecular flexibility index (Phi) is 4.97. The lowest BCUT2D eigenvalue weighted by molar-refractivity contribution is -0.151. The summed E-state index contributed by atoms with van der Waals surface area (Å²) in [7, 11) is 0. The minimum Gasteiger partial charge on any atom is -0.261 e. The summed E-state index contributed by atoms with van der Waals surface area (Å²) in [4.78, 5) is 42.3. The van der Waals surface area contributed by atoms with Gasteiger partial charge in [0.05, 0.1) is 10.6 Å². The molecule has 0 aliphatic carbocycles. The van der Waals surface area contributed by atoms with E-state index < -0.39 is 11.8 Å². The van der Waals surface area contributed by atoms with Gasteiger partial charge in [-0.2, -0.15) is 10.0 Å². The average Bonchev–Trinajstić information content (AvgIpc) is 2.21. The van der Waals surface area contributed by atoms with Gasteiger partial charge >= 0.3 is 11.8 Å². The van der Waals surface area contributed by atoms with E-state index in [-0.39, 0.29) is 13.1 Å². The average molecular weight is 202 g/mol. The first-order valence-electron chi connectivity index (χ1n) is 3.92. The molecule has 0 saturated heterocycles. The molecule has 2 amide bonds. The number of hydrogen-bond donors (Lipinski definition) is 0. The maximum atomic E-state index is 11.1. The van der Waals surface area contributed by atoms with E-state index in [1.807, 2.05) is 0 Å². The van der Waals surface area contributed by atoms with Gasteiger partial charge in [-0.3, -0.25) is 9.59 Å². The smallest absolute Gasteiger partial charge is 0.261 e. The van der Waals surface area contributed by atoms with Gasteiger partial charge in [-0.15, -0.1) is 9.81 Å². The Hall–Kier alpha value is -1.86. The second-order valence-corrected chi connectivity index (χ2v) is 2.21. The lowest BCUT2D eigenvalue weighted by Gasteiger charge is -2.13. The Morgan fingerprint density at radius 3 is 1.36 bits per heavy atom. The lowest BCUT2D eigenvalue weighted by atomic mass is 10.5. The molecule has 0 saturated carbocycles. The van der Waals surface area contributed by atoms with Crippen LogP contribution >= 0.6 is 0 Å². The van der Waals surface area contributed by atoms with Crippen molar-refractivity contribution in [3.05, 3.63) is 9.81 Å². The van der Waals surface area contributed by atoms with E-state index in [1.165, 1.54) is 13.8 Å². The molecule has 78 valence electrons. The third-order valence-electron chi connectivity index (χ3n) is 1.45. The summed E-state index contributed by atoms with van der Waals surface area (Å²) in [5.41, 5.74) is 0. The summed E-state index contributed by atoms with van der Waals surface area (Å²) in [5, 5.41) is 5.47. The zero-order valence-corrected chi connectivity index (χ0v) is 7.84. The third kappa shape index (κ3) is 2.57. The van der Waals surface area contributed by atoms with Crippen LogP contribution in [0.3, 0.4) is 0 Å². The highest BCUT2D eigenvalue weighted by molar-refractivity contribution is 6.34. The van der Waals surface area contributed by atoms with Crippen molar-refractivity contribution in [2.75, 3.05) is 13.1 Å². The van der Waals surface area contributed by atoms with Crippen molar-refractivity contribution in [1.29, 1.82) is 0 Å². The molecule has 8 nitrogen and oxygen atoms in total. The highest BCUT2D eigenvalue weighted by atomic mass is 16.3. The first-order valence-corrected chi connectivity index (χ1v) is 3.92. The summed E-state index contributed by atoms with van der Waals surface area (Å²) in [6.45, 7) is 2.86. The molecule has 0 radical (unpaired) electrons. The van der Waals surface area contributed by atoms with E-state index in [0.29, 0.717) is 10.0 Å². The molecule has 14 heavy (non-hydrogen) atoms. The molecule has 0 aromatic rings. The SMILES string of the molecule is CCN(N=O)C(=O)C(=O)N(CC)N=O. The molecular weight excluding hydrogens is 192 g/mol. The number of nitrogens with zero attached hydrogens (tertiary/aromatic N) is 4. The lowest BCUT2D eigenvalue weighted by Crippen LogP contribution is -2.40. The predicted octanol–water partition coefficient (Wildman–Crippen LogP) is 0.0462. The third-order valence-corrected chi connectivity index (χ3v) is 1.45. The van der Waals surface area contributed by atoms with Crippen LogP contribution in [0.25, 0.3) is 0 Å². The highest BCUT2D eigenvalue weighted by Gasteiger charge is 2.26. The molecule has 0 fully saturated rings. The van der Waals surface area contributed by atoms with Gasteiger partial charge in [0.25, 0.3) is 0 Å². The van der Waals surface area contributed by atoms with Gasteiger partial charge in [0.15, 0.2) is 0 Å². The summed E-state index contributed by atoms with van der Waals surface area (Å²) in [6, 6.07) is 0. The van der Waals surface area contributed by atoms with Crippen LogP contribution in [0.1, 0.15) is 13.8 Å². The molecule has 0 atom stereocenters. The van der Waals surface area contributed by atoms with Gasteiger partial charge in [-0.05, 0) is 13.8 Å². The number of amides is 2. The number of carbonyl (C=O) groups excluding carboxylic acids is 2. The maximum Gasteiger partial charge on any atom is 0.336 e. The quantitative estimate of drug-likeness (QED) is 0.365. The summed E-state index contributed by atoms with van der Waals surface area (Å²) >= 11 is 0. The van der Waals surface area contributed by atoms with Crippen LogP contribution in [0, 0.1) is 9.81 Å². The van der Waals surface area contributed by atoms with Crippen LogP contribution in [0.2, 0.25) is 0 Å². The standard InChI is InChI=1S/C6H10N4O4/c1-3-9(7-13)5(11)6(12)10(4-2)8-14/h3-4H2,1-2H3. The molecule has 0 aromatic carbocycles. The minimum absolute atomic E-state index is 0.0372. The topological polar surface area (TPSA) is 99.5 Å². The Morgan fingerprint density at radius 2 is 1.21 bits per heavy atom.